The fraction of sp³-hybridized carbons (Fsp3) is 0.500. The molecule has 0 spiro atoms. The third-order valence-electron chi connectivity index (χ3n) is 6.64. The lowest BCUT2D eigenvalue weighted by Crippen LogP contribution is -2.56. The van der Waals surface area contributed by atoms with Gasteiger partial charge in [-0.2, -0.15) is 0 Å². The normalized spacial score (nSPS) is 20.4. The molecule has 1 aromatic carbocycles. The van der Waals surface area contributed by atoms with Gasteiger partial charge >= 0.3 is 0 Å². The summed E-state index contributed by atoms with van der Waals surface area (Å²) in [7, 11) is 0. The lowest BCUT2D eigenvalue weighted by Gasteiger charge is -2.44. The molecular weight excluding hydrogens is 376 g/mol. The van der Waals surface area contributed by atoms with Crippen LogP contribution in [-0.2, 0) is 0 Å². The number of rotatable bonds is 4. The van der Waals surface area contributed by atoms with Gasteiger partial charge in [-0.25, -0.2) is 0 Å². The molecule has 1 aromatic heterocycles. The van der Waals surface area contributed by atoms with Gasteiger partial charge < -0.3 is 14.8 Å². The van der Waals surface area contributed by atoms with Crippen molar-refractivity contribution >= 4 is 17.4 Å². The van der Waals surface area contributed by atoms with Crippen LogP contribution in [0.3, 0.4) is 0 Å². The Labute approximate surface area is 178 Å². The lowest BCUT2D eigenvalue weighted by molar-refractivity contribution is 0.0562. The number of aromatic nitrogens is 1. The smallest absolute Gasteiger partial charge is 0.256 e. The third-order valence-corrected chi connectivity index (χ3v) is 6.64. The molecular formula is C24H32N4O2. The van der Waals surface area contributed by atoms with Gasteiger partial charge in [-0.3, -0.25) is 14.5 Å². The van der Waals surface area contributed by atoms with Crippen molar-refractivity contribution in [1.82, 2.24) is 14.8 Å². The maximum absolute atomic E-state index is 13.3. The SMILES string of the molecule is CC(=O)c1[nH]c(C)c(C(=O)N2CCCC(N3CCN(c4ccccc4)CC3)C2)c1C. The van der Waals surface area contributed by atoms with E-state index in [1.807, 2.05) is 18.7 Å². The molecule has 2 fully saturated rings. The molecule has 2 saturated heterocycles. The van der Waals surface area contributed by atoms with Gasteiger partial charge in [0.15, 0.2) is 5.78 Å². The molecule has 0 bridgehead atoms. The number of para-hydroxylation sites is 1. The second-order valence-electron chi connectivity index (χ2n) is 8.59. The average molecular weight is 409 g/mol. The van der Waals surface area contributed by atoms with Gasteiger partial charge in [-0.1, -0.05) is 18.2 Å². The number of amides is 1. The van der Waals surface area contributed by atoms with E-state index in [0.717, 1.165) is 63.4 Å². The third kappa shape index (κ3) is 4.01. The summed E-state index contributed by atoms with van der Waals surface area (Å²) in [5.41, 5.74) is 4.10. The Kier molecular flexibility index (Phi) is 5.95. The van der Waals surface area contributed by atoms with Gasteiger partial charge in [0, 0.05) is 63.6 Å². The summed E-state index contributed by atoms with van der Waals surface area (Å²) >= 11 is 0. The number of piperidine rings is 1. The summed E-state index contributed by atoms with van der Waals surface area (Å²) in [5.74, 6) is 0.0313. The summed E-state index contributed by atoms with van der Waals surface area (Å²) < 4.78 is 0. The molecule has 3 heterocycles. The fourth-order valence-corrected chi connectivity index (χ4v) is 5.00. The van der Waals surface area contributed by atoms with Crippen molar-refractivity contribution < 1.29 is 9.59 Å². The number of aryl methyl sites for hydroxylation is 1. The highest BCUT2D eigenvalue weighted by atomic mass is 16.2. The van der Waals surface area contributed by atoms with E-state index >= 15 is 0 Å². The molecule has 0 radical (unpaired) electrons. The van der Waals surface area contributed by atoms with Gasteiger partial charge in [0.25, 0.3) is 5.91 Å². The Morgan fingerprint density at radius 3 is 2.33 bits per heavy atom. The zero-order valence-corrected chi connectivity index (χ0v) is 18.3. The summed E-state index contributed by atoms with van der Waals surface area (Å²) in [6, 6.07) is 11.0. The minimum absolute atomic E-state index is 0.0255. The van der Waals surface area contributed by atoms with Crippen molar-refractivity contribution in [3.8, 4) is 0 Å². The van der Waals surface area contributed by atoms with Gasteiger partial charge in [-0.05, 0) is 44.4 Å². The first-order valence-corrected chi connectivity index (χ1v) is 11.0. The fourth-order valence-electron chi connectivity index (χ4n) is 5.00. The zero-order chi connectivity index (χ0) is 21.3. The first kappa shape index (κ1) is 20.7. The van der Waals surface area contributed by atoms with E-state index in [1.165, 1.54) is 5.69 Å². The molecule has 6 nitrogen and oxygen atoms in total. The van der Waals surface area contributed by atoms with Crippen LogP contribution in [0.2, 0.25) is 0 Å². The van der Waals surface area contributed by atoms with Gasteiger partial charge in [0.2, 0.25) is 0 Å². The number of nitrogens with one attached hydrogen (secondary N) is 1. The number of piperazine rings is 1. The minimum atomic E-state index is -0.0255. The van der Waals surface area contributed by atoms with Crippen molar-refractivity contribution in [1.29, 1.82) is 0 Å². The van der Waals surface area contributed by atoms with Crippen LogP contribution in [-0.4, -0.2) is 71.8 Å². The summed E-state index contributed by atoms with van der Waals surface area (Å²) in [6.45, 7) is 10.9. The van der Waals surface area contributed by atoms with Crippen molar-refractivity contribution in [2.24, 2.45) is 0 Å². The predicted molar refractivity (Wildman–Crippen MR) is 119 cm³/mol. The summed E-state index contributed by atoms with van der Waals surface area (Å²) in [6.07, 6.45) is 2.16. The van der Waals surface area contributed by atoms with Crippen LogP contribution in [0, 0.1) is 13.8 Å². The number of Topliss-reactive ketones (excluding diaryl/α,β-unsaturated/α-hetero) is 1. The van der Waals surface area contributed by atoms with Crippen LogP contribution in [0.15, 0.2) is 30.3 Å². The van der Waals surface area contributed by atoms with E-state index in [4.69, 9.17) is 0 Å². The van der Waals surface area contributed by atoms with Crippen LogP contribution in [0.1, 0.15) is 51.9 Å². The number of nitrogens with zero attached hydrogens (tertiary/aromatic N) is 3. The number of likely N-dealkylation sites (tertiary alicyclic amines) is 1. The second kappa shape index (κ2) is 8.64. The van der Waals surface area contributed by atoms with Crippen molar-refractivity contribution in [2.45, 2.75) is 39.7 Å². The number of hydrogen-bond donors (Lipinski definition) is 1. The summed E-state index contributed by atoms with van der Waals surface area (Å²) in [5, 5.41) is 0. The van der Waals surface area contributed by atoms with E-state index < -0.39 is 0 Å². The molecule has 0 aliphatic carbocycles. The molecule has 1 atom stereocenters. The molecule has 2 aliphatic heterocycles. The Balaban J connectivity index is 1.41. The Morgan fingerprint density at radius 2 is 1.70 bits per heavy atom. The van der Waals surface area contributed by atoms with E-state index in [-0.39, 0.29) is 11.7 Å². The van der Waals surface area contributed by atoms with Gasteiger partial charge in [0.1, 0.15) is 0 Å². The standard InChI is InChI=1S/C24H32N4O2/c1-17-22(18(2)25-23(17)19(3)29)24(30)28-11-7-10-21(16-28)27-14-12-26(13-15-27)20-8-5-4-6-9-20/h4-6,8-9,21,25H,7,10-16H2,1-3H3. The number of hydrogen-bond acceptors (Lipinski definition) is 4. The van der Waals surface area contributed by atoms with Crippen molar-refractivity contribution in [2.75, 3.05) is 44.2 Å². The first-order valence-electron chi connectivity index (χ1n) is 11.0. The predicted octanol–water partition coefficient (Wildman–Crippen LogP) is 3.26. The zero-order valence-electron chi connectivity index (χ0n) is 18.3. The van der Waals surface area contributed by atoms with E-state index in [2.05, 4.69) is 45.1 Å². The van der Waals surface area contributed by atoms with E-state index in [0.29, 0.717) is 17.3 Å². The van der Waals surface area contributed by atoms with Crippen LogP contribution >= 0.6 is 0 Å². The molecule has 2 aliphatic rings. The highest BCUT2D eigenvalue weighted by Crippen LogP contribution is 2.25. The Morgan fingerprint density at radius 1 is 1.00 bits per heavy atom. The number of H-pyrrole nitrogens is 1. The van der Waals surface area contributed by atoms with E-state index in [1.54, 1.807) is 6.92 Å². The molecule has 30 heavy (non-hydrogen) atoms. The quantitative estimate of drug-likeness (QED) is 0.789. The topological polar surface area (TPSA) is 59.7 Å². The van der Waals surface area contributed by atoms with Gasteiger partial charge in [0.05, 0.1) is 11.3 Å². The van der Waals surface area contributed by atoms with Crippen LogP contribution < -0.4 is 4.90 Å². The second-order valence-corrected chi connectivity index (χ2v) is 8.59. The molecule has 6 heteroatoms. The summed E-state index contributed by atoms with van der Waals surface area (Å²) in [4.78, 5) is 35.3. The molecule has 1 N–H and O–H groups in total. The maximum atomic E-state index is 13.3. The number of ketones is 1. The lowest BCUT2D eigenvalue weighted by atomic mass is 10.0. The number of carbonyl (C=O) groups is 2. The Hall–Kier alpha value is -2.60. The van der Waals surface area contributed by atoms with Crippen LogP contribution in [0.25, 0.3) is 0 Å². The number of aromatic amines is 1. The largest absolute Gasteiger partial charge is 0.369 e. The highest BCUT2D eigenvalue weighted by Gasteiger charge is 2.32. The van der Waals surface area contributed by atoms with Crippen LogP contribution in [0.5, 0.6) is 0 Å². The molecule has 2 aromatic rings. The Bertz CT molecular complexity index is 913. The number of anilines is 1. The minimum Gasteiger partial charge on any atom is -0.369 e. The molecule has 0 saturated carbocycles. The highest BCUT2D eigenvalue weighted by molar-refractivity contribution is 6.02. The maximum Gasteiger partial charge on any atom is 0.256 e. The van der Waals surface area contributed by atoms with Crippen molar-refractivity contribution in [3.05, 3.63) is 52.8 Å². The van der Waals surface area contributed by atoms with Crippen LogP contribution in [0.4, 0.5) is 5.69 Å². The molecule has 160 valence electrons. The van der Waals surface area contributed by atoms with Crippen molar-refractivity contribution in [3.63, 3.8) is 0 Å². The number of benzene rings is 1. The molecule has 4 rings (SSSR count). The first-order chi connectivity index (χ1) is 14.5. The van der Waals surface area contributed by atoms with Gasteiger partial charge in [-0.15, -0.1) is 0 Å². The molecule has 1 unspecified atom stereocenters. The number of carbonyl (C=O) groups excluding carboxylic acids is 2. The monoisotopic (exact) mass is 408 g/mol. The van der Waals surface area contributed by atoms with E-state index in [9.17, 15) is 9.59 Å². The average Bonchev–Trinajstić information content (AvgIpc) is 3.08. The molecule has 1 amide bonds.